The summed E-state index contributed by atoms with van der Waals surface area (Å²) >= 11 is 9.25. The number of benzene rings is 1. The summed E-state index contributed by atoms with van der Waals surface area (Å²) < 4.78 is 26.3. The Bertz CT molecular complexity index is 555. The standard InChI is InChI=1S/C14H10BrClF2N.Y/c1-9-12(16)6-7-13(19(9)8-14(17)18)10-2-4-11(15)5-3-10;/h2-6,14H,1,8H2;/q-1;. The Hall–Kier alpha value is -0.0261. The molecular weight excluding hydrogens is 424 g/mol. The molecule has 1 aliphatic heterocycles. The molecule has 0 atom stereocenters. The van der Waals surface area contributed by atoms with E-state index in [9.17, 15) is 8.78 Å². The quantitative estimate of drug-likeness (QED) is 0.618. The van der Waals surface area contributed by atoms with Crippen molar-refractivity contribution in [1.29, 1.82) is 0 Å². The van der Waals surface area contributed by atoms with Gasteiger partial charge in [0.25, 0.3) is 6.43 Å². The van der Waals surface area contributed by atoms with Crippen molar-refractivity contribution in [3.8, 4) is 0 Å². The van der Waals surface area contributed by atoms with Gasteiger partial charge in [-0.1, -0.05) is 45.9 Å². The van der Waals surface area contributed by atoms with Crippen LogP contribution < -0.4 is 0 Å². The van der Waals surface area contributed by atoms with Crippen molar-refractivity contribution < 1.29 is 41.5 Å². The Balaban J connectivity index is 0.00000200. The van der Waals surface area contributed by atoms with E-state index in [4.69, 9.17) is 11.6 Å². The van der Waals surface area contributed by atoms with Crippen LogP contribution in [0.15, 0.2) is 52.1 Å². The topological polar surface area (TPSA) is 3.24 Å². The van der Waals surface area contributed by atoms with Gasteiger partial charge in [0, 0.05) is 37.2 Å². The molecule has 0 N–H and O–H groups in total. The van der Waals surface area contributed by atoms with E-state index >= 15 is 0 Å². The monoisotopic (exact) mass is 433 g/mol. The number of hydrogen-bond acceptors (Lipinski definition) is 1. The van der Waals surface area contributed by atoms with Crippen LogP contribution in [0.4, 0.5) is 8.78 Å². The molecule has 1 aromatic rings. The van der Waals surface area contributed by atoms with Crippen LogP contribution in [0.2, 0.25) is 0 Å². The summed E-state index contributed by atoms with van der Waals surface area (Å²) in [6.45, 7) is 3.29. The van der Waals surface area contributed by atoms with E-state index in [1.165, 1.54) is 4.90 Å². The number of allylic oxidation sites excluding steroid dienone is 3. The number of hydrogen-bond donors (Lipinski definition) is 0. The Morgan fingerprint density at radius 2 is 1.90 bits per heavy atom. The van der Waals surface area contributed by atoms with Crippen LogP contribution in [0.1, 0.15) is 5.56 Å². The number of alkyl halides is 2. The Morgan fingerprint density at radius 1 is 1.30 bits per heavy atom. The van der Waals surface area contributed by atoms with Gasteiger partial charge in [0.05, 0.1) is 6.54 Å². The van der Waals surface area contributed by atoms with Gasteiger partial charge in [-0.3, -0.25) is 0 Å². The fourth-order valence-corrected chi connectivity index (χ4v) is 2.16. The second-order valence-corrected chi connectivity index (χ2v) is 5.26. The van der Waals surface area contributed by atoms with E-state index in [1.807, 2.05) is 24.3 Å². The van der Waals surface area contributed by atoms with Gasteiger partial charge in [0.2, 0.25) is 0 Å². The van der Waals surface area contributed by atoms with E-state index in [2.05, 4.69) is 28.6 Å². The van der Waals surface area contributed by atoms with Gasteiger partial charge in [0.1, 0.15) is 0 Å². The third kappa shape index (κ3) is 4.23. The molecule has 20 heavy (non-hydrogen) atoms. The van der Waals surface area contributed by atoms with Gasteiger partial charge in [-0.2, -0.15) is 23.8 Å². The number of nitrogens with zero attached hydrogens (tertiary/aromatic N) is 1. The van der Waals surface area contributed by atoms with Crippen molar-refractivity contribution in [2.75, 3.05) is 6.54 Å². The summed E-state index contributed by atoms with van der Waals surface area (Å²) in [5.41, 5.74) is 1.69. The normalized spacial score (nSPS) is 14.8. The third-order valence-electron chi connectivity index (χ3n) is 2.65. The molecule has 0 spiro atoms. The van der Waals surface area contributed by atoms with E-state index in [0.717, 1.165) is 10.0 Å². The summed E-state index contributed by atoms with van der Waals surface area (Å²) in [4.78, 5) is 1.39. The van der Waals surface area contributed by atoms with E-state index < -0.39 is 13.0 Å². The minimum Gasteiger partial charge on any atom is -0.368 e. The van der Waals surface area contributed by atoms with Gasteiger partial charge in [-0.05, 0) is 10.7 Å². The van der Waals surface area contributed by atoms with E-state index in [-0.39, 0.29) is 32.7 Å². The summed E-state index contributed by atoms with van der Waals surface area (Å²) in [5.74, 6) is 0. The molecule has 0 unspecified atom stereocenters. The van der Waals surface area contributed by atoms with Crippen molar-refractivity contribution >= 4 is 33.2 Å². The maximum Gasteiger partial charge on any atom is 0.256 e. The van der Waals surface area contributed by atoms with E-state index in [1.54, 1.807) is 6.08 Å². The predicted molar refractivity (Wildman–Crippen MR) is 76.6 cm³/mol. The number of halogens is 4. The Labute approximate surface area is 155 Å². The molecular formula is C14H10BrClF2NY-. The summed E-state index contributed by atoms with van der Waals surface area (Å²) in [7, 11) is 0. The maximum absolute atomic E-state index is 12.7. The van der Waals surface area contributed by atoms with Gasteiger partial charge < -0.3 is 4.90 Å². The molecule has 0 aliphatic carbocycles. The van der Waals surface area contributed by atoms with Crippen LogP contribution in [0, 0.1) is 6.08 Å². The molecule has 0 bridgehead atoms. The third-order valence-corrected chi connectivity index (χ3v) is 3.50. The first-order chi connectivity index (χ1) is 8.99. The maximum atomic E-state index is 12.7. The first-order valence-corrected chi connectivity index (χ1v) is 6.66. The van der Waals surface area contributed by atoms with Crippen molar-refractivity contribution in [1.82, 2.24) is 4.90 Å². The Kier molecular flexibility index (Phi) is 7.06. The van der Waals surface area contributed by atoms with Crippen LogP contribution in [0.5, 0.6) is 0 Å². The van der Waals surface area contributed by atoms with Gasteiger partial charge >= 0.3 is 0 Å². The fourth-order valence-electron chi connectivity index (χ4n) is 1.74. The largest absolute Gasteiger partial charge is 0.368 e. The summed E-state index contributed by atoms with van der Waals surface area (Å²) in [6, 6.07) is 7.33. The van der Waals surface area contributed by atoms with Crippen molar-refractivity contribution in [3.05, 3.63) is 63.8 Å². The zero-order chi connectivity index (χ0) is 14.0. The number of rotatable bonds is 3. The first kappa shape index (κ1) is 18.0. The molecule has 1 radical (unpaired) electrons. The molecule has 6 heteroatoms. The first-order valence-electron chi connectivity index (χ1n) is 5.49. The molecule has 1 aliphatic rings. The molecule has 0 aromatic heterocycles. The van der Waals surface area contributed by atoms with Crippen LogP contribution in [-0.2, 0) is 32.7 Å². The van der Waals surface area contributed by atoms with Crippen LogP contribution in [0.25, 0.3) is 5.70 Å². The van der Waals surface area contributed by atoms with E-state index in [0.29, 0.717) is 16.4 Å². The zero-order valence-corrected chi connectivity index (χ0v) is 15.6. The van der Waals surface area contributed by atoms with Gasteiger partial charge in [0.15, 0.2) is 0 Å². The summed E-state index contributed by atoms with van der Waals surface area (Å²) in [6.07, 6.45) is 1.99. The molecule has 1 nitrogen and oxygen atoms in total. The molecule has 1 heterocycles. The smallest absolute Gasteiger partial charge is 0.256 e. The minimum atomic E-state index is -2.48. The second kappa shape index (κ2) is 7.83. The van der Waals surface area contributed by atoms with Crippen LogP contribution >= 0.6 is 27.5 Å². The molecule has 0 fully saturated rings. The average Bonchev–Trinajstić information content (AvgIpc) is 2.36. The minimum absolute atomic E-state index is 0. The predicted octanol–water partition coefficient (Wildman–Crippen LogP) is 4.81. The fraction of sp³-hybridized carbons (Fsp3) is 0.143. The SMILES string of the molecule is C=C1C(Cl)=C[C-]=C(c2ccc(Br)cc2)N1CC(F)F.[Y]. The Morgan fingerprint density at radius 3 is 2.45 bits per heavy atom. The second-order valence-electron chi connectivity index (χ2n) is 3.94. The van der Waals surface area contributed by atoms with Crippen LogP contribution in [0.3, 0.4) is 0 Å². The zero-order valence-electron chi connectivity index (χ0n) is 10.4. The molecule has 103 valence electrons. The molecule has 0 amide bonds. The molecule has 0 saturated carbocycles. The average molecular weight is 434 g/mol. The summed E-state index contributed by atoms with van der Waals surface area (Å²) in [5, 5.41) is 0.321. The van der Waals surface area contributed by atoms with Crippen molar-refractivity contribution in [3.63, 3.8) is 0 Å². The van der Waals surface area contributed by atoms with Gasteiger partial charge in [-0.15, -0.1) is 12.1 Å². The molecule has 0 saturated heterocycles. The van der Waals surface area contributed by atoms with Gasteiger partial charge in [-0.25, -0.2) is 8.78 Å². The van der Waals surface area contributed by atoms with Crippen LogP contribution in [-0.4, -0.2) is 17.9 Å². The van der Waals surface area contributed by atoms with Crippen molar-refractivity contribution in [2.24, 2.45) is 0 Å². The molecule has 2 rings (SSSR count). The molecule has 1 aromatic carbocycles. The van der Waals surface area contributed by atoms with Crippen molar-refractivity contribution in [2.45, 2.75) is 6.43 Å².